The summed E-state index contributed by atoms with van der Waals surface area (Å²) in [7, 11) is 0. The lowest BCUT2D eigenvalue weighted by atomic mass is 10.3. The molecule has 7 nitrogen and oxygen atoms in total. The lowest BCUT2D eigenvalue weighted by molar-refractivity contribution is -0.137. The maximum atomic E-state index is 12.5. The zero-order chi connectivity index (χ0) is 17.2. The quantitative estimate of drug-likeness (QED) is 0.728. The summed E-state index contributed by atoms with van der Waals surface area (Å²) in [4.78, 5) is 11.7. The van der Waals surface area contributed by atoms with Crippen molar-refractivity contribution in [3.8, 4) is 11.8 Å². The highest BCUT2D eigenvalue weighted by Crippen LogP contribution is 2.28. The first kappa shape index (κ1) is 15.8. The minimum absolute atomic E-state index is 0.0731. The zero-order valence-corrected chi connectivity index (χ0v) is 12.4. The number of alkyl halides is 3. The van der Waals surface area contributed by atoms with Crippen molar-refractivity contribution in [2.45, 2.75) is 19.7 Å². The molecule has 3 aromatic rings. The van der Waals surface area contributed by atoms with E-state index in [1.165, 1.54) is 16.9 Å². The largest absolute Gasteiger partial charge is 0.457 e. The van der Waals surface area contributed by atoms with Crippen LogP contribution >= 0.6 is 0 Å². The molecule has 0 aromatic carbocycles. The number of aryl methyl sites for hydroxylation is 1. The molecule has 3 rings (SSSR count). The standard InChI is InChI=1S/C14H11F3N6O/c1-9-4-19-13(20-5-9)24-8-11-7-23(22-21-11)12-3-2-10(6-18-12)14(15,16)17/h2-7H,8H2,1H3. The summed E-state index contributed by atoms with van der Waals surface area (Å²) in [5.74, 6) is 0.216. The number of hydrogen-bond acceptors (Lipinski definition) is 6. The van der Waals surface area contributed by atoms with Crippen molar-refractivity contribution in [3.05, 3.63) is 53.7 Å². The van der Waals surface area contributed by atoms with Crippen LogP contribution in [0, 0.1) is 6.92 Å². The Kier molecular flexibility index (Phi) is 4.11. The van der Waals surface area contributed by atoms with Crippen molar-refractivity contribution >= 4 is 0 Å². The van der Waals surface area contributed by atoms with Gasteiger partial charge in [0, 0.05) is 18.6 Å². The summed E-state index contributed by atoms with van der Waals surface area (Å²) in [5.41, 5.74) is 0.536. The van der Waals surface area contributed by atoms with Crippen LogP contribution in [0.4, 0.5) is 13.2 Å². The van der Waals surface area contributed by atoms with E-state index in [2.05, 4.69) is 25.3 Å². The number of aromatic nitrogens is 6. The zero-order valence-electron chi connectivity index (χ0n) is 12.4. The third-order valence-electron chi connectivity index (χ3n) is 2.96. The van der Waals surface area contributed by atoms with Gasteiger partial charge in [0.15, 0.2) is 5.82 Å². The summed E-state index contributed by atoms with van der Waals surface area (Å²) in [6, 6.07) is 2.34. The number of ether oxygens (including phenoxy) is 1. The van der Waals surface area contributed by atoms with Gasteiger partial charge in [-0.25, -0.2) is 19.6 Å². The van der Waals surface area contributed by atoms with Crippen molar-refractivity contribution in [2.24, 2.45) is 0 Å². The van der Waals surface area contributed by atoms with Crippen LogP contribution in [0.25, 0.3) is 5.82 Å². The van der Waals surface area contributed by atoms with Crippen LogP contribution in [-0.2, 0) is 12.8 Å². The minimum Gasteiger partial charge on any atom is -0.457 e. The molecule has 0 unspecified atom stereocenters. The van der Waals surface area contributed by atoms with Gasteiger partial charge in [-0.15, -0.1) is 5.10 Å². The Morgan fingerprint density at radius 3 is 2.46 bits per heavy atom. The predicted octanol–water partition coefficient (Wildman–Crippen LogP) is 2.36. The third-order valence-corrected chi connectivity index (χ3v) is 2.96. The van der Waals surface area contributed by atoms with Crippen LogP contribution in [-0.4, -0.2) is 29.9 Å². The van der Waals surface area contributed by atoms with Gasteiger partial charge in [-0.2, -0.15) is 13.2 Å². The van der Waals surface area contributed by atoms with Gasteiger partial charge in [-0.1, -0.05) is 5.21 Å². The Bertz CT molecular complexity index is 814. The average molecular weight is 336 g/mol. The molecule has 10 heteroatoms. The van der Waals surface area contributed by atoms with E-state index in [0.717, 1.165) is 17.8 Å². The molecule has 3 heterocycles. The summed E-state index contributed by atoms with van der Waals surface area (Å²) in [6.45, 7) is 1.93. The molecule has 0 aliphatic carbocycles. The van der Waals surface area contributed by atoms with E-state index in [1.54, 1.807) is 12.4 Å². The smallest absolute Gasteiger partial charge is 0.417 e. The Balaban J connectivity index is 1.68. The average Bonchev–Trinajstić information content (AvgIpc) is 3.03. The van der Waals surface area contributed by atoms with Crippen molar-refractivity contribution < 1.29 is 17.9 Å². The molecule has 124 valence electrons. The fourth-order valence-electron chi connectivity index (χ4n) is 1.76. The molecule has 0 N–H and O–H groups in total. The molecule has 0 fully saturated rings. The van der Waals surface area contributed by atoms with Gasteiger partial charge in [0.25, 0.3) is 0 Å². The normalized spacial score (nSPS) is 11.5. The van der Waals surface area contributed by atoms with Crippen molar-refractivity contribution in [3.63, 3.8) is 0 Å². The maximum absolute atomic E-state index is 12.5. The lowest BCUT2D eigenvalue weighted by Crippen LogP contribution is -2.07. The summed E-state index contributed by atoms with van der Waals surface area (Å²) >= 11 is 0. The molecule has 0 radical (unpaired) electrons. The predicted molar refractivity (Wildman–Crippen MR) is 75.3 cm³/mol. The van der Waals surface area contributed by atoms with Gasteiger partial charge in [0.2, 0.25) is 0 Å². The number of nitrogens with zero attached hydrogens (tertiary/aromatic N) is 6. The Morgan fingerprint density at radius 2 is 1.83 bits per heavy atom. The van der Waals surface area contributed by atoms with Crippen LogP contribution in [0.2, 0.25) is 0 Å². The number of halogens is 3. The van der Waals surface area contributed by atoms with Crippen molar-refractivity contribution in [1.29, 1.82) is 0 Å². The van der Waals surface area contributed by atoms with Crippen LogP contribution in [0.5, 0.6) is 6.01 Å². The summed E-state index contributed by atoms with van der Waals surface area (Å²) < 4.78 is 44.1. The van der Waals surface area contributed by atoms with Gasteiger partial charge in [-0.3, -0.25) is 0 Å². The summed E-state index contributed by atoms with van der Waals surface area (Å²) in [5, 5.41) is 7.67. The molecule has 0 aliphatic rings. The fraction of sp³-hybridized carbons (Fsp3) is 0.214. The topological polar surface area (TPSA) is 78.6 Å². The monoisotopic (exact) mass is 336 g/mol. The van der Waals surface area contributed by atoms with Gasteiger partial charge in [0.05, 0.1) is 11.8 Å². The van der Waals surface area contributed by atoms with E-state index in [-0.39, 0.29) is 18.4 Å². The van der Waals surface area contributed by atoms with E-state index < -0.39 is 11.7 Å². The van der Waals surface area contributed by atoms with Crippen LogP contribution in [0.1, 0.15) is 16.8 Å². The third kappa shape index (κ3) is 3.65. The molecule has 0 amide bonds. The molecule has 0 saturated heterocycles. The van der Waals surface area contributed by atoms with E-state index in [1.807, 2.05) is 6.92 Å². The lowest BCUT2D eigenvalue weighted by Gasteiger charge is -2.06. The molecule has 0 aliphatic heterocycles. The number of hydrogen-bond donors (Lipinski definition) is 0. The molecule has 0 atom stereocenters. The highest BCUT2D eigenvalue weighted by atomic mass is 19.4. The second-order valence-corrected chi connectivity index (χ2v) is 4.89. The molecule has 0 saturated carbocycles. The minimum atomic E-state index is -4.43. The number of rotatable bonds is 4. The highest BCUT2D eigenvalue weighted by Gasteiger charge is 2.30. The van der Waals surface area contributed by atoms with Gasteiger partial charge in [0.1, 0.15) is 12.3 Å². The van der Waals surface area contributed by atoms with Gasteiger partial charge in [-0.05, 0) is 24.6 Å². The highest BCUT2D eigenvalue weighted by molar-refractivity contribution is 5.26. The molecular weight excluding hydrogens is 325 g/mol. The molecule has 3 aromatic heterocycles. The van der Waals surface area contributed by atoms with Gasteiger partial charge < -0.3 is 4.74 Å². The Morgan fingerprint density at radius 1 is 1.08 bits per heavy atom. The Hall–Kier alpha value is -3.04. The molecule has 0 spiro atoms. The Labute approximate surface area is 134 Å². The molecular formula is C14H11F3N6O. The second-order valence-electron chi connectivity index (χ2n) is 4.89. The SMILES string of the molecule is Cc1cnc(OCc2cn(-c3ccc(C(F)(F)F)cn3)nn2)nc1. The maximum Gasteiger partial charge on any atom is 0.417 e. The van der Waals surface area contributed by atoms with Crippen LogP contribution in [0.3, 0.4) is 0 Å². The summed E-state index contributed by atoms with van der Waals surface area (Å²) in [6.07, 6.45) is 1.05. The molecule has 0 bridgehead atoms. The first-order valence-corrected chi connectivity index (χ1v) is 6.78. The fourth-order valence-corrected chi connectivity index (χ4v) is 1.76. The molecule has 24 heavy (non-hydrogen) atoms. The van der Waals surface area contributed by atoms with Crippen LogP contribution < -0.4 is 4.74 Å². The van der Waals surface area contributed by atoms with Crippen LogP contribution in [0.15, 0.2) is 36.9 Å². The second kappa shape index (κ2) is 6.22. The van der Waals surface area contributed by atoms with E-state index in [9.17, 15) is 13.2 Å². The van der Waals surface area contributed by atoms with Gasteiger partial charge >= 0.3 is 12.2 Å². The van der Waals surface area contributed by atoms with E-state index in [4.69, 9.17) is 4.74 Å². The first-order chi connectivity index (χ1) is 11.4. The first-order valence-electron chi connectivity index (χ1n) is 6.78. The van der Waals surface area contributed by atoms with E-state index >= 15 is 0 Å². The van der Waals surface area contributed by atoms with Crippen molar-refractivity contribution in [1.82, 2.24) is 29.9 Å². The van der Waals surface area contributed by atoms with E-state index in [0.29, 0.717) is 5.69 Å². The number of pyridine rings is 1. The van der Waals surface area contributed by atoms with Crippen molar-refractivity contribution in [2.75, 3.05) is 0 Å².